The molecule has 0 bridgehead atoms. The topological polar surface area (TPSA) is 46.9 Å². The van der Waals surface area contributed by atoms with E-state index in [0.29, 0.717) is 12.3 Å². The van der Waals surface area contributed by atoms with Crippen LogP contribution in [0.25, 0.3) is 11.1 Å². The van der Waals surface area contributed by atoms with Crippen LogP contribution in [0, 0.1) is 0 Å². The number of amides is 1. The van der Waals surface area contributed by atoms with Crippen LogP contribution in [0.1, 0.15) is 23.5 Å². The van der Waals surface area contributed by atoms with Crippen LogP contribution >= 0.6 is 0 Å². The summed E-state index contributed by atoms with van der Waals surface area (Å²) < 4.78 is 1.96. The van der Waals surface area contributed by atoms with Crippen LogP contribution in [0.2, 0.25) is 0 Å². The Morgan fingerprint density at radius 3 is 2.54 bits per heavy atom. The molecule has 1 aliphatic heterocycles. The molecule has 1 saturated heterocycles. The third-order valence-electron chi connectivity index (χ3n) is 4.51. The predicted octanol–water partition coefficient (Wildman–Crippen LogP) is 3.20. The summed E-state index contributed by atoms with van der Waals surface area (Å²) in [6, 6.07) is 18.8. The summed E-state index contributed by atoms with van der Waals surface area (Å²) in [5.74, 6) is 0.443. The minimum Gasteiger partial charge on any atom is -0.355 e. The lowest BCUT2D eigenvalue weighted by atomic mass is 9.96. The van der Waals surface area contributed by atoms with Gasteiger partial charge < -0.3 is 5.32 Å². The van der Waals surface area contributed by atoms with E-state index < -0.39 is 0 Å². The van der Waals surface area contributed by atoms with Crippen molar-refractivity contribution in [3.05, 3.63) is 78.1 Å². The Labute approximate surface area is 141 Å². The fraction of sp³-hybridized carbons (Fsp3) is 0.200. The second kappa shape index (κ2) is 6.32. The van der Waals surface area contributed by atoms with Gasteiger partial charge in [-0.1, -0.05) is 54.6 Å². The number of nitrogens with one attached hydrogen (secondary N) is 1. The van der Waals surface area contributed by atoms with Gasteiger partial charge in [0.05, 0.1) is 12.7 Å². The molecule has 3 aromatic rings. The van der Waals surface area contributed by atoms with E-state index in [1.165, 1.54) is 11.1 Å². The molecular weight excluding hydrogens is 298 g/mol. The fourth-order valence-electron chi connectivity index (χ4n) is 3.16. The quantitative estimate of drug-likeness (QED) is 0.803. The molecule has 1 N–H and O–H groups in total. The minimum atomic E-state index is 0.145. The van der Waals surface area contributed by atoms with Crippen LogP contribution in [0.3, 0.4) is 0 Å². The molecule has 0 saturated carbocycles. The monoisotopic (exact) mass is 317 g/mol. The highest BCUT2D eigenvalue weighted by Gasteiger charge is 2.22. The lowest BCUT2D eigenvalue weighted by Gasteiger charge is -2.08. The van der Waals surface area contributed by atoms with Crippen molar-refractivity contribution in [2.75, 3.05) is 6.54 Å². The zero-order valence-corrected chi connectivity index (χ0v) is 13.4. The SMILES string of the molecule is O=C1CC(c2ccc(-c3cnn(Cc4ccccc4)c3)cc2)CN1. The lowest BCUT2D eigenvalue weighted by Crippen LogP contribution is -2.13. The number of benzene rings is 2. The van der Waals surface area contributed by atoms with Crippen molar-refractivity contribution in [2.24, 2.45) is 0 Å². The molecule has 1 aliphatic rings. The molecule has 0 radical (unpaired) electrons. The smallest absolute Gasteiger partial charge is 0.220 e. The van der Waals surface area contributed by atoms with Gasteiger partial charge in [-0.3, -0.25) is 9.48 Å². The normalized spacial score (nSPS) is 17.0. The Morgan fingerprint density at radius 2 is 1.83 bits per heavy atom. The van der Waals surface area contributed by atoms with E-state index in [1.54, 1.807) is 0 Å². The molecule has 1 amide bonds. The van der Waals surface area contributed by atoms with Gasteiger partial charge in [0.15, 0.2) is 0 Å². The van der Waals surface area contributed by atoms with Crippen LogP contribution < -0.4 is 5.32 Å². The van der Waals surface area contributed by atoms with Crippen LogP contribution in [0.15, 0.2) is 67.0 Å². The van der Waals surface area contributed by atoms with E-state index in [-0.39, 0.29) is 5.91 Å². The van der Waals surface area contributed by atoms with Gasteiger partial charge in [0.25, 0.3) is 0 Å². The summed E-state index contributed by atoms with van der Waals surface area (Å²) in [5.41, 5.74) is 4.71. The maximum Gasteiger partial charge on any atom is 0.220 e. The first-order chi connectivity index (χ1) is 11.8. The Bertz CT molecular complexity index is 837. The largest absolute Gasteiger partial charge is 0.355 e. The highest BCUT2D eigenvalue weighted by atomic mass is 16.1. The van der Waals surface area contributed by atoms with Crippen molar-refractivity contribution < 1.29 is 4.79 Å². The van der Waals surface area contributed by atoms with Crippen molar-refractivity contribution in [1.82, 2.24) is 15.1 Å². The van der Waals surface area contributed by atoms with E-state index >= 15 is 0 Å². The number of aromatic nitrogens is 2. The highest BCUT2D eigenvalue weighted by Crippen LogP contribution is 2.26. The molecule has 24 heavy (non-hydrogen) atoms. The molecule has 0 spiro atoms. The molecular formula is C20H19N3O. The van der Waals surface area contributed by atoms with Gasteiger partial charge >= 0.3 is 0 Å². The Morgan fingerprint density at radius 1 is 1.04 bits per heavy atom. The lowest BCUT2D eigenvalue weighted by molar-refractivity contribution is -0.119. The highest BCUT2D eigenvalue weighted by molar-refractivity contribution is 5.79. The Hall–Kier alpha value is -2.88. The number of rotatable bonds is 4. The van der Waals surface area contributed by atoms with Gasteiger partial charge in [0.1, 0.15) is 0 Å². The molecule has 0 aliphatic carbocycles. The molecule has 2 aromatic carbocycles. The van der Waals surface area contributed by atoms with E-state index in [2.05, 4.69) is 53.0 Å². The van der Waals surface area contributed by atoms with Gasteiger partial charge in [-0.2, -0.15) is 5.10 Å². The maximum atomic E-state index is 11.3. The molecule has 4 nitrogen and oxygen atoms in total. The standard InChI is InChI=1S/C20H19N3O/c24-20-10-18(11-21-20)16-6-8-17(9-7-16)19-12-22-23(14-19)13-15-4-2-1-3-5-15/h1-9,12,14,18H,10-11,13H2,(H,21,24). The summed E-state index contributed by atoms with van der Waals surface area (Å²) in [7, 11) is 0. The zero-order chi connectivity index (χ0) is 16.4. The van der Waals surface area contributed by atoms with E-state index in [1.807, 2.05) is 29.1 Å². The molecule has 4 rings (SSSR count). The van der Waals surface area contributed by atoms with Gasteiger partial charge in [-0.15, -0.1) is 0 Å². The number of carbonyl (C=O) groups is 1. The first kappa shape index (κ1) is 14.7. The Kier molecular flexibility index (Phi) is 3.87. The molecule has 1 fully saturated rings. The van der Waals surface area contributed by atoms with Gasteiger partial charge in [0.2, 0.25) is 5.91 Å². The summed E-state index contributed by atoms with van der Waals surface area (Å²) in [6.07, 6.45) is 4.57. The van der Waals surface area contributed by atoms with E-state index in [9.17, 15) is 4.79 Å². The van der Waals surface area contributed by atoms with Gasteiger partial charge in [-0.05, 0) is 16.7 Å². The van der Waals surface area contributed by atoms with Crippen molar-refractivity contribution in [1.29, 1.82) is 0 Å². The molecule has 120 valence electrons. The van der Waals surface area contributed by atoms with Crippen LogP contribution in [0.5, 0.6) is 0 Å². The zero-order valence-electron chi connectivity index (χ0n) is 13.4. The van der Waals surface area contributed by atoms with Crippen molar-refractivity contribution in [3.8, 4) is 11.1 Å². The average Bonchev–Trinajstić information content (AvgIpc) is 3.25. The maximum absolute atomic E-state index is 11.3. The van der Waals surface area contributed by atoms with Gasteiger partial charge in [-0.25, -0.2) is 0 Å². The van der Waals surface area contributed by atoms with Crippen molar-refractivity contribution >= 4 is 5.91 Å². The number of hydrogen-bond donors (Lipinski definition) is 1. The molecule has 1 aromatic heterocycles. The first-order valence-corrected chi connectivity index (χ1v) is 8.21. The number of nitrogens with zero attached hydrogens (tertiary/aromatic N) is 2. The van der Waals surface area contributed by atoms with E-state index in [4.69, 9.17) is 0 Å². The average molecular weight is 317 g/mol. The third-order valence-corrected chi connectivity index (χ3v) is 4.51. The molecule has 4 heteroatoms. The van der Waals surface area contributed by atoms with Gasteiger partial charge in [0, 0.05) is 30.6 Å². The predicted molar refractivity (Wildman–Crippen MR) is 93.6 cm³/mol. The van der Waals surface area contributed by atoms with Crippen LogP contribution in [-0.4, -0.2) is 22.2 Å². The van der Waals surface area contributed by atoms with E-state index in [0.717, 1.165) is 24.2 Å². The summed E-state index contributed by atoms with van der Waals surface area (Å²) in [6.45, 7) is 1.52. The molecule has 1 atom stereocenters. The summed E-state index contributed by atoms with van der Waals surface area (Å²) >= 11 is 0. The number of hydrogen-bond acceptors (Lipinski definition) is 2. The van der Waals surface area contributed by atoms with Crippen LogP contribution in [0.4, 0.5) is 0 Å². The molecule has 2 heterocycles. The van der Waals surface area contributed by atoms with Crippen molar-refractivity contribution in [2.45, 2.75) is 18.9 Å². The Balaban J connectivity index is 1.49. The second-order valence-corrected chi connectivity index (χ2v) is 6.24. The second-order valence-electron chi connectivity index (χ2n) is 6.24. The molecule has 1 unspecified atom stereocenters. The van der Waals surface area contributed by atoms with Crippen molar-refractivity contribution in [3.63, 3.8) is 0 Å². The third kappa shape index (κ3) is 3.08. The fourth-order valence-corrected chi connectivity index (χ4v) is 3.16. The van der Waals surface area contributed by atoms with Crippen LogP contribution in [-0.2, 0) is 11.3 Å². The first-order valence-electron chi connectivity index (χ1n) is 8.21. The number of carbonyl (C=O) groups excluding carboxylic acids is 1. The minimum absolute atomic E-state index is 0.145. The summed E-state index contributed by atoms with van der Waals surface area (Å²) in [4.78, 5) is 11.3. The summed E-state index contributed by atoms with van der Waals surface area (Å²) in [5, 5.41) is 7.35.